The van der Waals surface area contributed by atoms with Crippen LogP contribution in [0.4, 0.5) is 0 Å². The van der Waals surface area contributed by atoms with E-state index >= 15 is 0 Å². The van der Waals surface area contributed by atoms with E-state index < -0.39 is 9.84 Å². The van der Waals surface area contributed by atoms with Crippen molar-refractivity contribution in [1.82, 2.24) is 4.90 Å². The summed E-state index contributed by atoms with van der Waals surface area (Å²) in [5, 5.41) is 0. The number of piperidine rings is 1. The largest absolute Gasteiger partial charge is 0.491 e. The van der Waals surface area contributed by atoms with Crippen molar-refractivity contribution in [2.24, 2.45) is 5.92 Å². The third-order valence-corrected chi connectivity index (χ3v) is 8.79. The zero-order chi connectivity index (χ0) is 23.3. The Balaban J connectivity index is 1.26. The van der Waals surface area contributed by atoms with Crippen LogP contribution in [-0.2, 0) is 27.4 Å². The number of nitrogens with zero attached hydrogens (tertiary/aromatic N) is 1. The highest BCUT2D eigenvalue weighted by Crippen LogP contribution is 2.31. The second-order valence-electron chi connectivity index (χ2n) is 8.79. The molecule has 180 valence electrons. The van der Waals surface area contributed by atoms with Gasteiger partial charge in [-0.3, -0.25) is 0 Å². The Morgan fingerprint density at radius 2 is 1.88 bits per heavy atom. The van der Waals surface area contributed by atoms with Gasteiger partial charge in [0.1, 0.15) is 29.6 Å². The standard InChI is InChI=1S/C25H32BrNO5S/c1-30-12-13-31-24-17-21(2-4-22(24)26)16-20-7-10-27(11-8-20)9-6-19-3-5-23-25(18-19)33(28,29)15-14-32-23/h2-5,17-18,20H,6-16H2,1H3. The summed E-state index contributed by atoms with van der Waals surface area (Å²) in [6.45, 7) is 4.45. The van der Waals surface area contributed by atoms with Gasteiger partial charge in [-0.1, -0.05) is 12.1 Å². The van der Waals surface area contributed by atoms with Gasteiger partial charge in [0.2, 0.25) is 0 Å². The Bertz CT molecular complexity index is 1050. The fourth-order valence-electron chi connectivity index (χ4n) is 4.50. The van der Waals surface area contributed by atoms with Crippen molar-refractivity contribution in [3.63, 3.8) is 0 Å². The summed E-state index contributed by atoms with van der Waals surface area (Å²) >= 11 is 3.57. The van der Waals surface area contributed by atoms with Crippen LogP contribution in [-0.4, -0.2) is 65.6 Å². The van der Waals surface area contributed by atoms with E-state index in [9.17, 15) is 8.42 Å². The monoisotopic (exact) mass is 537 g/mol. The maximum Gasteiger partial charge on any atom is 0.185 e. The minimum Gasteiger partial charge on any atom is -0.491 e. The Morgan fingerprint density at radius 1 is 1.09 bits per heavy atom. The number of benzene rings is 2. The minimum absolute atomic E-state index is 0.0656. The molecule has 2 aliphatic heterocycles. The Labute approximate surface area is 205 Å². The summed E-state index contributed by atoms with van der Waals surface area (Å²) in [5.41, 5.74) is 2.36. The van der Waals surface area contributed by atoms with Crippen molar-refractivity contribution in [3.05, 3.63) is 52.0 Å². The molecule has 0 aliphatic carbocycles. The number of methoxy groups -OCH3 is 1. The number of rotatable bonds is 9. The summed E-state index contributed by atoms with van der Waals surface area (Å²) in [6, 6.07) is 12.0. The average molecular weight is 539 g/mol. The number of halogens is 1. The van der Waals surface area contributed by atoms with Crippen molar-refractivity contribution < 1.29 is 22.6 Å². The van der Waals surface area contributed by atoms with Gasteiger partial charge in [0.25, 0.3) is 0 Å². The summed E-state index contributed by atoms with van der Waals surface area (Å²) in [4.78, 5) is 2.84. The predicted octanol–water partition coefficient (Wildman–Crippen LogP) is 4.14. The van der Waals surface area contributed by atoms with E-state index in [2.05, 4.69) is 39.0 Å². The molecule has 1 fully saturated rings. The lowest BCUT2D eigenvalue weighted by Gasteiger charge is -2.32. The Hall–Kier alpha value is -1.61. The molecule has 4 rings (SSSR count). The molecule has 2 aromatic carbocycles. The van der Waals surface area contributed by atoms with Gasteiger partial charge in [-0.25, -0.2) is 8.42 Å². The molecule has 0 atom stereocenters. The Kier molecular flexibility index (Phi) is 8.33. The van der Waals surface area contributed by atoms with Gasteiger partial charge in [0, 0.05) is 13.7 Å². The second kappa shape index (κ2) is 11.2. The number of ether oxygens (including phenoxy) is 3. The summed E-state index contributed by atoms with van der Waals surface area (Å²) < 4.78 is 42.0. The van der Waals surface area contributed by atoms with Crippen LogP contribution < -0.4 is 9.47 Å². The number of hydrogen-bond donors (Lipinski definition) is 0. The molecule has 0 N–H and O–H groups in total. The maximum atomic E-state index is 12.3. The molecule has 0 amide bonds. The molecule has 1 saturated heterocycles. The summed E-state index contributed by atoms with van der Waals surface area (Å²) in [6.07, 6.45) is 4.25. The molecule has 2 aliphatic rings. The van der Waals surface area contributed by atoms with E-state index in [-0.39, 0.29) is 12.4 Å². The molecule has 0 saturated carbocycles. The van der Waals surface area contributed by atoms with Crippen molar-refractivity contribution in [1.29, 1.82) is 0 Å². The first-order valence-electron chi connectivity index (χ1n) is 11.6. The van der Waals surface area contributed by atoms with Crippen LogP contribution in [0.5, 0.6) is 11.5 Å². The van der Waals surface area contributed by atoms with Gasteiger partial charge in [0.05, 0.1) is 16.8 Å². The molecule has 33 heavy (non-hydrogen) atoms. The van der Waals surface area contributed by atoms with E-state index in [0.29, 0.717) is 29.8 Å². The molecule has 0 unspecified atom stereocenters. The first-order valence-corrected chi connectivity index (χ1v) is 14.0. The van der Waals surface area contributed by atoms with Crippen LogP contribution >= 0.6 is 15.9 Å². The molecule has 0 bridgehead atoms. The highest BCUT2D eigenvalue weighted by atomic mass is 79.9. The van der Waals surface area contributed by atoms with E-state index in [1.165, 1.54) is 18.4 Å². The van der Waals surface area contributed by atoms with E-state index in [0.717, 1.165) is 48.3 Å². The highest BCUT2D eigenvalue weighted by Gasteiger charge is 2.25. The van der Waals surface area contributed by atoms with Gasteiger partial charge in [-0.2, -0.15) is 0 Å². The van der Waals surface area contributed by atoms with Gasteiger partial charge in [-0.05, 0) is 96.0 Å². The highest BCUT2D eigenvalue weighted by molar-refractivity contribution is 9.10. The van der Waals surface area contributed by atoms with Gasteiger partial charge in [-0.15, -0.1) is 0 Å². The number of fused-ring (bicyclic) bond motifs is 1. The van der Waals surface area contributed by atoms with Crippen LogP contribution in [0, 0.1) is 5.92 Å². The lowest BCUT2D eigenvalue weighted by atomic mass is 9.90. The fraction of sp³-hybridized carbons (Fsp3) is 0.520. The fourth-order valence-corrected chi connectivity index (χ4v) is 6.14. The lowest BCUT2D eigenvalue weighted by molar-refractivity contribution is 0.146. The SMILES string of the molecule is COCCOc1cc(CC2CCN(CCc3ccc4c(c3)S(=O)(=O)CCO4)CC2)ccc1Br. The van der Waals surface area contributed by atoms with E-state index in [1.54, 1.807) is 19.2 Å². The quantitative estimate of drug-likeness (QED) is 0.448. The molecular weight excluding hydrogens is 506 g/mol. The van der Waals surface area contributed by atoms with E-state index in [4.69, 9.17) is 14.2 Å². The zero-order valence-electron chi connectivity index (χ0n) is 19.1. The topological polar surface area (TPSA) is 65.1 Å². The van der Waals surface area contributed by atoms with Crippen molar-refractivity contribution in [2.45, 2.75) is 30.6 Å². The first kappa shape index (κ1) is 24.5. The summed E-state index contributed by atoms with van der Waals surface area (Å²) in [7, 11) is -1.54. The minimum atomic E-state index is -3.21. The number of likely N-dealkylation sites (tertiary alicyclic amines) is 1. The number of hydrogen-bond acceptors (Lipinski definition) is 6. The smallest absolute Gasteiger partial charge is 0.185 e. The molecular formula is C25H32BrNO5S. The van der Waals surface area contributed by atoms with Gasteiger partial charge >= 0.3 is 0 Å². The zero-order valence-corrected chi connectivity index (χ0v) is 21.5. The van der Waals surface area contributed by atoms with E-state index in [1.807, 2.05) is 6.07 Å². The number of sulfone groups is 1. The Morgan fingerprint density at radius 3 is 2.67 bits per heavy atom. The van der Waals surface area contributed by atoms with Crippen LogP contribution in [0.15, 0.2) is 45.8 Å². The van der Waals surface area contributed by atoms with Crippen LogP contribution in [0.2, 0.25) is 0 Å². The van der Waals surface area contributed by atoms with Crippen LogP contribution in [0.1, 0.15) is 24.0 Å². The van der Waals surface area contributed by atoms with Crippen molar-refractivity contribution >= 4 is 25.8 Å². The predicted molar refractivity (Wildman–Crippen MR) is 132 cm³/mol. The molecule has 8 heteroatoms. The van der Waals surface area contributed by atoms with Crippen molar-refractivity contribution in [3.8, 4) is 11.5 Å². The van der Waals surface area contributed by atoms with Gasteiger partial charge in [0.15, 0.2) is 9.84 Å². The van der Waals surface area contributed by atoms with Crippen LogP contribution in [0.25, 0.3) is 0 Å². The lowest BCUT2D eigenvalue weighted by Crippen LogP contribution is -2.35. The third kappa shape index (κ3) is 6.50. The van der Waals surface area contributed by atoms with Crippen molar-refractivity contribution in [2.75, 3.05) is 52.3 Å². The molecule has 2 heterocycles. The molecule has 0 radical (unpaired) electrons. The molecule has 6 nitrogen and oxygen atoms in total. The average Bonchev–Trinajstić information content (AvgIpc) is 2.81. The molecule has 0 aromatic heterocycles. The molecule has 0 spiro atoms. The van der Waals surface area contributed by atoms with Gasteiger partial charge < -0.3 is 19.1 Å². The second-order valence-corrected chi connectivity index (χ2v) is 11.7. The normalized spacial score (nSPS) is 18.5. The third-order valence-electron chi connectivity index (χ3n) is 6.44. The maximum absolute atomic E-state index is 12.3. The molecule has 2 aromatic rings. The first-order chi connectivity index (χ1) is 15.9. The summed E-state index contributed by atoms with van der Waals surface area (Å²) in [5.74, 6) is 2.10. The van der Waals surface area contributed by atoms with Crippen LogP contribution in [0.3, 0.4) is 0 Å².